The van der Waals surface area contributed by atoms with E-state index < -0.39 is 23.9 Å². The SMILES string of the molecule is CCCCNC(=O)CC[C@H](NC(=O)COCCOCCNC(=O)COCCOCCNC(=O)CCCCCCCCCOc1ccc(C(=O)O)cc1)C(=O)O. The minimum atomic E-state index is -1.23. The van der Waals surface area contributed by atoms with Gasteiger partial charge in [0, 0.05) is 32.5 Å². The van der Waals surface area contributed by atoms with Crippen molar-refractivity contribution in [2.45, 2.75) is 90.0 Å². The maximum atomic E-state index is 12.0. The van der Waals surface area contributed by atoms with Crippen molar-refractivity contribution in [3.05, 3.63) is 29.8 Å². The monoisotopic (exact) mass is 782 g/mol. The van der Waals surface area contributed by atoms with E-state index in [9.17, 15) is 33.9 Å². The number of hydrogen-bond acceptors (Lipinski definition) is 11. The lowest BCUT2D eigenvalue weighted by atomic mass is 10.1. The summed E-state index contributed by atoms with van der Waals surface area (Å²) in [5, 5.41) is 28.7. The van der Waals surface area contributed by atoms with E-state index in [2.05, 4.69) is 21.3 Å². The molecule has 1 aromatic rings. The fourth-order valence-corrected chi connectivity index (χ4v) is 4.85. The Bertz CT molecular complexity index is 1230. The predicted octanol–water partition coefficient (Wildman–Crippen LogP) is 2.45. The summed E-state index contributed by atoms with van der Waals surface area (Å²) in [4.78, 5) is 69.9. The van der Waals surface area contributed by atoms with Crippen molar-refractivity contribution in [3.8, 4) is 5.75 Å². The molecule has 6 N–H and O–H groups in total. The molecule has 312 valence electrons. The summed E-state index contributed by atoms with van der Waals surface area (Å²) in [6, 6.07) is 5.20. The second-order valence-electron chi connectivity index (χ2n) is 12.6. The van der Waals surface area contributed by atoms with Crippen LogP contribution in [0.2, 0.25) is 0 Å². The largest absolute Gasteiger partial charge is 0.494 e. The Balaban J connectivity index is 1.86. The van der Waals surface area contributed by atoms with Crippen molar-refractivity contribution >= 4 is 35.6 Å². The average Bonchev–Trinajstić information content (AvgIpc) is 3.16. The first-order valence-electron chi connectivity index (χ1n) is 19.2. The Hall–Kier alpha value is -4.32. The molecule has 0 aliphatic rings. The molecule has 0 aromatic heterocycles. The van der Waals surface area contributed by atoms with Crippen LogP contribution >= 0.6 is 0 Å². The zero-order chi connectivity index (χ0) is 40.4. The summed E-state index contributed by atoms with van der Waals surface area (Å²) < 4.78 is 26.9. The lowest BCUT2D eigenvalue weighted by molar-refractivity contribution is -0.143. The van der Waals surface area contributed by atoms with Crippen molar-refractivity contribution in [2.75, 3.05) is 79.1 Å². The number of benzene rings is 1. The van der Waals surface area contributed by atoms with E-state index in [1.165, 1.54) is 12.1 Å². The van der Waals surface area contributed by atoms with E-state index in [1.54, 1.807) is 12.1 Å². The lowest BCUT2D eigenvalue weighted by Crippen LogP contribution is -2.43. The second kappa shape index (κ2) is 33.1. The quantitative estimate of drug-likeness (QED) is 0.0538. The van der Waals surface area contributed by atoms with Crippen LogP contribution in [0.25, 0.3) is 0 Å². The van der Waals surface area contributed by atoms with Gasteiger partial charge in [-0.3, -0.25) is 19.2 Å². The van der Waals surface area contributed by atoms with Crippen LogP contribution in [0.4, 0.5) is 0 Å². The summed E-state index contributed by atoms with van der Waals surface area (Å²) in [7, 11) is 0. The minimum absolute atomic E-state index is 0.00674. The maximum Gasteiger partial charge on any atom is 0.335 e. The smallest absolute Gasteiger partial charge is 0.335 e. The zero-order valence-electron chi connectivity index (χ0n) is 32.2. The van der Waals surface area contributed by atoms with E-state index >= 15 is 0 Å². The summed E-state index contributed by atoms with van der Waals surface area (Å²) in [5.41, 5.74) is 0.238. The highest BCUT2D eigenvalue weighted by atomic mass is 16.5. The predicted molar refractivity (Wildman–Crippen MR) is 202 cm³/mol. The van der Waals surface area contributed by atoms with Crippen molar-refractivity contribution in [3.63, 3.8) is 0 Å². The van der Waals surface area contributed by atoms with Crippen LogP contribution < -0.4 is 26.0 Å². The fraction of sp³-hybridized carbons (Fsp3) is 0.684. The molecule has 0 bridgehead atoms. The van der Waals surface area contributed by atoms with Gasteiger partial charge in [0.2, 0.25) is 23.6 Å². The molecule has 0 fully saturated rings. The third kappa shape index (κ3) is 28.7. The van der Waals surface area contributed by atoms with Gasteiger partial charge in [0.1, 0.15) is 25.0 Å². The molecule has 1 atom stereocenters. The van der Waals surface area contributed by atoms with Crippen LogP contribution in [-0.2, 0) is 42.9 Å². The molecule has 1 aromatic carbocycles. The van der Waals surface area contributed by atoms with Crippen LogP contribution in [0.15, 0.2) is 24.3 Å². The van der Waals surface area contributed by atoms with Gasteiger partial charge in [-0.1, -0.05) is 45.4 Å². The highest BCUT2D eigenvalue weighted by Crippen LogP contribution is 2.14. The molecule has 0 aliphatic heterocycles. The molecule has 17 nitrogen and oxygen atoms in total. The number of carboxylic acid groups (broad SMARTS) is 2. The molecule has 0 unspecified atom stereocenters. The van der Waals surface area contributed by atoms with Gasteiger partial charge in [-0.15, -0.1) is 0 Å². The highest BCUT2D eigenvalue weighted by molar-refractivity contribution is 5.87. The average molecular weight is 783 g/mol. The van der Waals surface area contributed by atoms with Crippen LogP contribution in [-0.4, -0.2) is 131 Å². The summed E-state index contributed by atoms with van der Waals surface area (Å²) >= 11 is 0. The molecule has 0 spiro atoms. The van der Waals surface area contributed by atoms with Gasteiger partial charge in [0.15, 0.2) is 0 Å². The number of rotatable bonds is 36. The number of aliphatic carboxylic acids is 1. The van der Waals surface area contributed by atoms with Gasteiger partial charge < -0.3 is 55.2 Å². The van der Waals surface area contributed by atoms with Gasteiger partial charge in [0.05, 0.1) is 51.8 Å². The Kier molecular flexibility index (Phi) is 29.3. The van der Waals surface area contributed by atoms with Gasteiger partial charge in [-0.2, -0.15) is 0 Å². The number of nitrogens with one attached hydrogen (secondary N) is 4. The molecule has 0 saturated heterocycles. The second-order valence-corrected chi connectivity index (χ2v) is 12.6. The molecule has 17 heteroatoms. The molecule has 0 aliphatic carbocycles. The number of ether oxygens (including phenoxy) is 5. The van der Waals surface area contributed by atoms with Crippen molar-refractivity contribution < 1.29 is 62.7 Å². The molecular weight excluding hydrogens is 720 g/mol. The van der Waals surface area contributed by atoms with Crippen molar-refractivity contribution in [1.29, 1.82) is 0 Å². The highest BCUT2D eigenvalue weighted by Gasteiger charge is 2.21. The number of hydrogen-bond donors (Lipinski definition) is 6. The van der Waals surface area contributed by atoms with E-state index in [4.69, 9.17) is 28.8 Å². The maximum absolute atomic E-state index is 12.0. The first-order valence-corrected chi connectivity index (χ1v) is 19.2. The van der Waals surface area contributed by atoms with Gasteiger partial charge in [-0.05, 0) is 49.9 Å². The van der Waals surface area contributed by atoms with Crippen molar-refractivity contribution in [2.24, 2.45) is 0 Å². The summed E-state index contributed by atoms with van der Waals surface area (Å²) in [6.07, 6.45) is 9.29. The summed E-state index contributed by atoms with van der Waals surface area (Å²) in [5.74, 6) is -2.72. The zero-order valence-corrected chi connectivity index (χ0v) is 32.2. The van der Waals surface area contributed by atoms with Gasteiger partial charge in [-0.25, -0.2) is 9.59 Å². The third-order valence-electron chi connectivity index (χ3n) is 7.91. The minimum Gasteiger partial charge on any atom is -0.494 e. The first-order chi connectivity index (χ1) is 26.6. The van der Waals surface area contributed by atoms with Gasteiger partial charge >= 0.3 is 11.9 Å². The Labute approximate surface area is 323 Å². The van der Waals surface area contributed by atoms with Crippen LogP contribution in [0.3, 0.4) is 0 Å². The number of carboxylic acids is 2. The topological polar surface area (TPSA) is 237 Å². The fourth-order valence-electron chi connectivity index (χ4n) is 4.85. The normalized spacial score (nSPS) is 11.4. The first kappa shape index (κ1) is 48.7. The van der Waals surface area contributed by atoms with E-state index in [-0.39, 0.29) is 88.9 Å². The van der Waals surface area contributed by atoms with E-state index in [0.29, 0.717) is 38.5 Å². The van der Waals surface area contributed by atoms with Crippen LogP contribution in [0.5, 0.6) is 5.75 Å². The van der Waals surface area contributed by atoms with E-state index in [0.717, 1.165) is 57.8 Å². The standard InChI is InChI=1S/C38H62N4O13/c1-2-3-18-39-34(44)17-16-32(38(49)50)42-36(46)29-54-27-25-52-23-20-41-35(45)28-53-26-24-51-22-19-40-33(43)11-9-7-5-4-6-8-10-21-55-31-14-12-30(13-15-31)37(47)48/h12-15,32H,2-11,16-29H2,1H3,(H,39,44)(H,40,43)(H,41,45)(H,42,46)(H,47,48)(H,49,50)/t32-/m0/s1. The molecule has 0 saturated carbocycles. The number of unbranched alkanes of at least 4 members (excludes halogenated alkanes) is 7. The van der Waals surface area contributed by atoms with Crippen LogP contribution in [0.1, 0.15) is 94.3 Å². The van der Waals surface area contributed by atoms with Crippen LogP contribution in [0, 0.1) is 0 Å². The Morgan fingerprint density at radius 1 is 0.564 bits per heavy atom. The molecule has 0 radical (unpaired) electrons. The molecule has 55 heavy (non-hydrogen) atoms. The Morgan fingerprint density at radius 3 is 1.69 bits per heavy atom. The van der Waals surface area contributed by atoms with Crippen molar-refractivity contribution in [1.82, 2.24) is 21.3 Å². The third-order valence-corrected chi connectivity index (χ3v) is 7.91. The number of amides is 4. The number of aromatic carboxylic acids is 1. The Morgan fingerprint density at radius 2 is 1.09 bits per heavy atom. The van der Waals surface area contributed by atoms with Gasteiger partial charge in [0.25, 0.3) is 0 Å². The number of carbonyl (C=O) groups is 6. The molecular formula is C38H62N4O13. The number of carbonyl (C=O) groups excluding carboxylic acids is 4. The summed E-state index contributed by atoms with van der Waals surface area (Å²) in [6.45, 7) is 4.57. The molecule has 4 amide bonds. The molecule has 1 rings (SSSR count). The molecule has 0 heterocycles. The van der Waals surface area contributed by atoms with E-state index in [1.807, 2.05) is 6.92 Å². The lowest BCUT2D eigenvalue weighted by Gasteiger charge is -2.14.